The minimum absolute atomic E-state index is 0.237. The SMILES string of the molecule is CC(=O)Nc1cccn(C2=CC(C)(C)Oc3cnccc32)c1=O. The highest BCUT2D eigenvalue weighted by molar-refractivity contribution is 5.88. The summed E-state index contributed by atoms with van der Waals surface area (Å²) in [5.74, 6) is 0.331. The first-order valence-corrected chi connectivity index (χ1v) is 7.23. The second-order valence-corrected chi connectivity index (χ2v) is 5.89. The Morgan fingerprint density at radius 1 is 1.35 bits per heavy atom. The van der Waals surface area contributed by atoms with Crippen LogP contribution in [-0.4, -0.2) is 21.1 Å². The molecule has 3 heterocycles. The Labute approximate surface area is 133 Å². The van der Waals surface area contributed by atoms with Crippen LogP contribution in [-0.2, 0) is 4.79 Å². The van der Waals surface area contributed by atoms with E-state index in [2.05, 4.69) is 10.3 Å². The molecule has 3 rings (SSSR count). The summed E-state index contributed by atoms with van der Waals surface area (Å²) in [4.78, 5) is 28.0. The van der Waals surface area contributed by atoms with Crippen molar-refractivity contribution >= 4 is 17.3 Å². The molecule has 2 aromatic rings. The van der Waals surface area contributed by atoms with Gasteiger partial charge in [-0.25, -0.2) is 0 Å². The van der Waals surface area contributed by atoms with Gasteiger partial charge >= 0.3 is 0 Å². The van der Waals surface area contributed by atoms with Crippen molar-refractivity contribution in [1.82, 2.24) is 9.55 Å². The van der Waals surface area contributed by atoms with Crippen LogP contribution in [0.5, 0.6) is 5.75 Å². The number of amides is 1. The van der Waals surface area contributed by atoms with Crippen molar-refractivity contribution in [3.8, 4) is 5.75 Å². The third-order valence-electron chi connectivity index (χ3n) is 3.44. The first-order valence-electron chi connectivity index (χ1n) is 7.23. The molecule has 1 N–H and O–H groups in total. The number of pyridine rings is 2. The zero-order valence-electron chi connectivity index (χ0n) is 13.2. The van der Waals surface area contributed by atoms with Crippen LogP contribution >= 0.6 is 0 Å². The third-order valence-corrected chi connectivity index (χ3v) is 3.44. The Hall–Kier alpha value is -2.89. The number of anilines is 1. The molecule has 2 aromatic heterocycles. The smallest absolute Gasteiger partial charge is 0.278 e. The molecule has 0 aromatic carbocycles. The summed E-state index contributed by atoms with van der Waals surface area (Å²) in [6.45, 7) is 5.19. The van der Waals surface area contributed by atoms with Crippen LogP contribution in [0.3, 0.4) is 0 Å². The topological polar surface area (TPSA) is 73.2 Å². The lowest BCUT2D eigenvalue weighted by atomic mass is 10.00. The molecule has 1 amide bonds. The molecular formula is C17H17N3O3. The first kappa shape index (κ1) is 15.0. The number of nitrogens with zero attached hydrogens (tertiary/aromatic N) is 2. The van der Waals surface area contributed by atoms with Gasteiger partial charge in [0.25, 0.3) is 5.56 Å². The number of rotatable bonds is 2. The molecule has 0 saturated carbocycles. The van der Waals surface area contributed by atoms with Gasteiger partial charge in [-0.15, -0.1) is 0 Å². The maximum atomic E-state index is 12.7. The Bertz CT molecular complexity index is 865. The van der Waals surface area contributed by atoms with Crippen molar-refractivity contribution in [2.24, 2.45) is 0 Å². The van der Waals surface area contributed by atoms with Crippen molar-refractivity contribution in [1.29, 1.82) is 0 Å². The summed E-state index contributed by atoms with van der Waals surface area (Å²) in [7, 11) is 0. The number of aromatic nitrogens is 2. The summed E-state index contributed by atoms with van der Waals surface area (Å²) < 4.78 is 7.39. The summed E-state index contributed by atoms with van der Waals surface area (Å²) in [5.41, 5.74) is 0.849. The van der Waals surface area contributed by atoms with Crippen LogP contribution in [0.1, 0.15) is 26.3 Å². The lowest BCUT2D eigenvalue weighted by Crippen LogP contribution is -2.32. The van der Waals surface area contributed by atoms with Crippen LogP contribution in [0.2, 0.25) is 0 Å². The fourth-order valence-corrected chi connectivity index (χ4v) is 2.56. The maximum absolute atomic E-state index is 12.7. The van der Waals surface area contributed by atoms with E-state index in [1.54, 1.807) is 36.8 Å². The van der Waals surface area contributed by atoms with Crippen molar-refractivity contribution in [3.05, 3.63) is 58.8 Å². The molecule has 0 bridgehead atoms. The number of hydrogen-bond acceptors (Lipinski definition) is 4. The lowest BCUT2D eigenvalue weighted by Gasteiger charge is -2.31. The number of carbonyl (C=O) groups excluding carboxylic acids is 1. The zero-order chi connectivity index (χ0) is 16.6. The predicted molar refractivity (Wildman–Crippen MR) is 87.3 cm³/mol. The van der Waals surface area contributed by atoms with Gasteiger partial charge in [0.05, 0.1) is 11.9 Å². The number of fused-ring (bicyclic) bond motifs is 1. The zero-order valence-corrected chi connectivity index (χ0v) is 13.2. The average Bonchev–Trinajstić information content (AvgIpc) is 2.47. The Balaban J connectivity index is 2.19. The number of carbonyl (C=O) groups is 1. The van der Waals surface area contributed by atoms with Crippen LogP contribution in [0.25, 0.3) is 5.70 Å². The van der Waals surface area contributed by atoms with Crippen LogP contribution in [0.4, 0.5) is 5.69 Å². The molecule has 1 aliphatic rings. The van der Waals surface area contributed by atoms with E-state index in [1.807, 2.05) is 19.9 Å². The average molecular weight is 311 g/mol. The van der Waals surface area contributed by atoms with E-state index >= 15 is 0 Å². The van der Waals surface area contributed by atoms with Crippen molar-refractivity contribution in [3.63, 3.8) is 0 Å². The highest BCUT2D eigenvalue weighted by Crippen LogP contribution is 2.35. The van der Waals surface area contributed by atoms with Crippen molar-refractivity contribution in [2.45, 2.75) is 26.4 Å². The van der Waals surface area contributed by atoms with Gasteiger partial charge in [-0.05, 0) is 38.1 Å². The largest absolute Gasteiger partial charge is 0.481 e. The van der Waals surface area contributed by atoms with E-state index in [4.69, 9.17) is 4.74 Å². The van der Waals surface area contributed by atoms with Gasteiger partial charge in [0.2, 0.25) is 5.91 Å². The normalized spacial score (nSPS) is 15.2. The Morgan fingerprint density at radius 2 is 2.13 bits per heavy atom. The standard InChI is InChI=1S/C17H17N3O3/c1-11(21)19-13-5-4-8-20(16(13)22)14-9-17(2,3)23-15-10-18-7-6-12(14)15/h4-10H,1-3H3,(H,19,21). The van der Waals surface area contributed by atoms with E-state index in [0.717, 1.165) is 5.56 Å². The van der Waals surface area contributed by atoms with Gasteiger partial charge < -0.3 is 10.1 Å². The van der Waals surface area contributed by atoms with E-state index < -0.39 is 5.60 Å². The van der Waals surface area contributed by atoms with E-state index in [9.17, 15) is 9.59 Å². The summed E-state index contributed by atoms with van der Waals surface area (Å²) >= 11 is 0. The maximum Gasteiger partial charge on any atom is 0.278 e. The van der Waals surface area contributed by atoms with Crippen LogP contribution < -0.4 is 15.6 Å². The van der Waals surface area contributed by atoms with Gasteiger partial charge in [0.1, 0.15) is 17.0 Å². The second-order valence-electron chi connectivity index (χ2n) is 5.89. The van der Waals surface area contributed by atoms with Crippen LogP contribution in [0, 0.1) is 0 Å². The molecule has 0 fully saturated rings. The summed E-state index contributed by atoms with van der Waals surface area (Å²) in [5, 5.41) is 2.55. The number of ether oxygens (including phenoxy) is 1. The molecule has 0 saturated heterocycles. The summed E-state index contributed by atoms with van der Waals surface area (Å²) in [6, 6.07) is 5.10. The molecular weight excluding hydrogens is 294 g/mol. The fraction of sp³-hybridized carbons (Fsp3) is 0.235. The lowest BCUT2D eigenvalue weighted by molar-refractivity contribution is -0.114. The Kier molecular flexibility index (Phi) is 3.52. The molecule has 0 atom stereocenters. The molecule has 0 unspecified atom stereocenters. The van der Waals surface area contributed by atoms with Crippen LogP contribution in [0.15, 0.2) is 47.7 Å². The van der Waals surface area contributed by atoms with E-state index in [0.29, 0.717) is 11.4 Å². The predicted octanol–water partition coefficient (Wildman–Crippen LogP) is 2.26. The monoisotopic (exact) mass is 311 g/mol. The molecule has 118 valence electrons. The Morgan fingerprint density at radius 3 is 2.87 bits per heavy atom. The van der Waals surface area contributed by atoms with Gasteiger partial charge in [-0.2, -0.15) is 0 Å². The highest BCUT2D eigenvalue weighted by atomic mass is 16.5. The van der Waals surface area contributed by atoms with Gasteiger partial charge in [-0.1, -0.05) is 0 Å². The molecule has 6 heteroatoms. The first-order chi connectivity index (χ1) is 10.9. The van der Waals surface area contributed by atoms with Gasteiger partial charge in [-0.3, -0.25) is 19.1 Å². The highest BCUT2D eigenvalue weighted by Gasteiger charge is 2.28. The molecule has 23 heavy (non-hydrogen) atoms. The number of hydrogen-bond donors (Lipinski definition) is 1. The molecule has 0 radical (unpaired) electrons. The van der Waals surface area contributed by atoms with Gasteiger partial charge in [0.15, 0.2) is 0 Å². The fourth-order valence-electron chi connectivity index (χ4n) is 2.56. The molecule has 6 nitrogen and oxygen atoms in total. The molecule has 1 aliphatic heterocycles. The number of nitrogens with one attached hydrogen (secondary N) is 1. The molecule has 0 spiro atoms. The van der Waals surface area contributed by atoms with Crippen molar-refractivity contribution < 1.29 is 9.53 Å². The quantitative estimate of drug-likeness (QED) is 0.923. The summed E-state index contributed by atoms with van der Waals surface area (Å²) in [6.07, 6.45) is 6.84. The van der Waals surface area contributed by atoms with Crippen molar-refractivity contribution in [2.75, 3.05) is 5.32 Å². The van der Waals surface area contributed by atoms with E-state index in [-0.39, 0.29) is 17.2 Å². The molecule has 0 aliphatic carbocycles. The minimum atomic E-state index is -0.575. The third kappa shape index (κ3) is 2.88. The second kappa shape index (κ2) is 5.39. The van der Waals surface area contributed by atoms with Gasteiger partial charge in [0, 0.05) is 24.9 Å². The van der Waals surface area contributed by atoms with E-state index in [1.165, 1.54) is 11.5 Å². The minimum Gasteiger partial charge on any atom is -0.481 e.